The first-order chi connectivity index (χ1) is 11.1. The van der Waals surface area contributed by atoms with Crippen molar-refractivity contribution in [3.8, 4) is 0 Å². The van der Waals surface area contributed by atoms with Crippen LogP contribution in [0.3, 0.4) is 0 Å². The van der Waals surface area contributed by atoms with E-state index in [1.165, 1.54) is 0 Å². The van der Waals surface area contributed by atoms with Crippen LogP contribution in [0.4, 0.5) is 5.82 Å². The fourth-order valence-corrected chi connectivity index (χ4v) is 3.04. The summed E-state index contributed by atoms with van der Waals surface area (Å²) >= 11 is 0. The Balaban J connectivity index is 1.52. The Morgan fingerprint density at radius 3 is 2.83 bits per heavy atom. The van der Waals surface area contributed by atoms with Crippen LogP contribution in [0.25, 0.3) is 5.65 Å². The lowest BCUT2D eigenvalue weighted by atomic mass is 10.0. The van der Waals surface area contributed by atoms with E-state index >= 15 is 0 Å². The molecule has 0 amide bonds. The average Bonchev–Trinajstić information content (AvgIpc) is 2.93. The molecule has 0 saturated carbocycles. The zero-order chi connectivity index (χ0) is 16.0. The third kappa shape index (κ3) is 2.48. The standard InChI is InChI=1S/C16H18N6O/c1-11-3-4-16(23)21(19-11)10-13-8-20(9-13)15-7-12(2)18-14-5-6-17-22(14)15/h3-7,13H,8-10H2,1-2H3. The van der Waals surface area contributed by atoms with Gasteiger partial charge in [-0.05, 0) is 19.9 Å². The molecule has 0 aliphatic carbocycles. The Hall–Kier alpha value is -2.70. The van der Waals surface area contributed by atoms with Crippen LogP contribution in [0.1, 0.15) is 11.4 Å². The van der Waals surface area contributed by atoms with Gasteiger partial charge in [0.2, 0.25) is 0 Å². The van der Waals surface area contributed by atoms with Gasteiger partial charge in [0.1, 0.15) is 5.82 Å². The largest absolute Gasteiger partial charge is 0.356 e. The summed E-state index contributed by atoms with van der Waals surface area (Å²) in [6, 6.07) is 7.29. The Kier molecular flexibility index (Phi) is 3.14. The Bertz CT molecular complexity index is 922. The monoisotopic (exact) mass is 310 g/mol. The molecule has 1 aliphatic heterocycles. The van der Waals surface area contributed by atoms with Crippen molar-refractivity contribution < 1.29 is 0 Å². The maximum absolute atomic E-state index is 11.8. The van der Waals surface area contributed by atoms with Gasteiger partial charge in [-0.2, -0.15) is 14.7 Å². The van der Waals surface area contributed by atoms with Gasteiger partial charge in [0.15, 0.2) is 5.65 Å². The molecule has 0 bridgehead atoms. The van der Waals surface area contributed by atoms with Gasteiger partial charge in [0.25, 0.3) is 5.56 Å². The summed E-state index contributed by atoms with van der Waals surface area (Å²) in [4.78, 5) is 18.6. The number of fused-ring (bicyclic) bond motifs is 1. The summed E-state index contributed by atoms with van der Waals surface area (Å²) in [7, 11) is 0. The van der Waals surface area contributed by atoms with Gasteiger partial charge < -0.3 is 4.90 Å². The number of nitrogens with zero attached hydrogens (tertiary/aromatic N) is 6. The summed E-state index contributed by atoms with van der Waals surface area (Å²) in [6.07, 6.45) is 1.76. The lowest BCUT2D eigenvalue weighted by Crippen LogP contribution is -2.50. The Morgan fingerprint density at radius 1 is 1.17 bits per heavy atom. The number of hydrogen-bond acceptors (Lipinski definition) is 5. The topological polar surface area (TPSA) is 68.3 Å². The van der Waals surface area contributed by atoms with Crippen molar-refractivity contribution >= 4 is 11.5 Å². The highest BCUT2D eigenvalue weighted by Crippen LogP contribution is 2.26. The molecule has 1 saturated heterocycles. The molecule has 1 aliphatic rings. The third-order valence-corrected chi connectivity index (χ3v) is 4.18. The maximum Gasteiger partial charge on any atom is 0.266 e. The molecule has 0 unspecified atom stereocenters. The van der Waals surface area contributed by atoms with Crippen molar-refractivity contribution in [3.63, 3.8) is 0 Å². The minimum atomic E-state index is -0.0386. The van der Waals surface area contributed by atoms with Crippen LogP contribution in [0, 0.1) is 19.8 Å². The minimum absolute atomic E-state index is 0.0386. The van der Waals surface area contributed by atoms with Crippen molar-refractivity contribution in [3.05, 3.63) is 52.2 Å². The molecule has 0 spiro atoms. The van der Waals surface area contributed by atoms with Crippen LogP contribution >= 0.6 is 0 Å². The van der Waals surface area contributed by atoms with Crippen molar-refractivity contribution in [2.24, 2.45) is 5.92 Å². The first kappa shape index (κ1) is 13.9. The molecule has 118 valence electrons. The smallest absolute Gasteiger partial charge is 0.266 e. The van der Waals surface area contributed by atoms with Crippen LogP contribution in [-0.2, 0) is 6.54 Å². The van der Waals surface area contributed by atoms with E-state index in [9.17, 15) is 4.79 Å². The van der Waals surface area contributed by atoms with E-state index in [2.05, 4.69) is 20.1 Å². The lowest BCUT2D eigenvalue weighted by molar-refractivity contribution is 0.330. The molecule has 0 N–H and O–H groups in total. The molecule has 7 nitrogen and oxygen atoms in total. The molecule has 4 heterocycles. The Labute approximate surface area is 133 Å². The highest BCUT2D eigenvalue weighted by atomic mass is 16.1. The first-order valence-electron chi connectivity index (χ1n) is 7.71. The zero-order valence-corrected chi connectivity index (χ0v) is 13.2. The van der Waals surface area contributed by atoms with Crippen LogP contribution in [0.5, 0.6) is 0 Å². The van der Waals surface area contributed by atoms with Gasteiger partial charge in [-0.3, -0.25) is 4.79 Å². The lowest BCUT2D eigenvalue weighted by Gasteiger charge is -2.40. The molecular formula is C16H18N6O. The van der Waals surface area contributed by atoms with E-state index in [4.69, 9.17) is 0 Å². The van der Waals surface area contributed by atoms with E-state index in [1.807, 2.05) is 30.5 Å². The van der Waals surface area contributed by atoms with Gasteiger partial charge in [0.05, 0.1) is 18.4 Å². The number of rotatable bonds is 3. The van der Waals surface area contributed by atoms with Crippen LogP contribution in [-0.4, -0.2) is 37.5 Å². The molecule has 23 heavy (non-hydrogen) atoms. The first-order valence-corrected chi connectivity index (χ1v) is 7.71. The average molecular weight is 310 g/mol. The Morgan fingerprint density at radius 2 is 2.00 bits per heavy atom. The molecule has 1 fully saturated rings. The van der Waals surface area contributed by atoms with E-state index in [0.29, 0.717) is 12.5 Å². The highest BCUT2D eigenvalue weighted by Gasteiger charge is 2.29. The SMILES string of the molecule is Cc1cc(N2CC(Cn3nc(C)ccc3=O)C2)n2nccc2n1. The van der Waals surface area contributed by atoms with Gasteiger partial charge in [-0.1, -0.05) is 0 Å². The normalized spacial score (nSPS) is 15.1. The predicted octanol–water partition coefficient (Wildman–Crippen LogP) is 1.04. The van der Waals surface area contributed by atoms with Crippen LogP contribution in [0.15, 0.2) is 35.3 Å². The number of aryl methyl sites for hydroxylation is 2. The molecule has 7 heteroatoms. The molecule has 0 atom stereocenters. The predicted molar refractivity (Wildman–Crippen MR) is 86.7 cm³/mol. The summed E-state index contributed by atoms with van der Waals surface area (Å²) in [5.41, 5.74) is 2.67. The molecule has 0 radical (unpaired) electrons. The van der Waals surface area contributed by atoms with Crippen LogP contribution in [0.2, 0.25) is 0 Å². The van der Waals surface area contributed by atoms with Crippen LogP contribution < -0.4 is 10.5 Å². The summed E-state index contributed by atoms with van der Waals surface area (Å²) in [5, 5.41) is 8.65. The molecule has 3 aromatic heterocycles. The molecule has 4 rings (SSSR count). The van der Waals surface area contributed by atoms with Crippen molar-refractivity contribution in [2.75, 3.05) is 18.0 Å². The summed E-state index contributed by atoms with van der Waals surface area (Å²) < 4.78 is 3.43. The summed E-state index contributed by atoms with van der Waals surface area (Å²) in [5.74, 6) is 1.47. The third-order valence-electron chi connectivity index (χ3n) is 4.18. The van der Waals surface area contributed by atoms with Crippen molar-refractivity contribution in [1.29, 1.82) is 0 Å². The minimum Gasteiger partial charge on any atom is -0.356 e. The quantitative estimate of drug-likeness (QED) is 0.723. The summed E-state index contributed by atoms with van der Waals surface area (Å²) in [6.45, 7) is 6.32. The second kappa shape index (κ2) is 5.19. The van der Waals surface area contributed by atoms with Gasteiger partial charge >= 0.3 is 0 Å². The van der Waals surface area contributed by atoms with Gasteiger partial charge in [-0.15, -0.1) is 0 Å². The van der Waals surface area contributed by atoms with Crippen molar-refractivity contribution in [2.45, 2.75) is 20.4 Å². The molecular weight excluding hydrogens is 292 g/mol. The maximum atomic E-state index is 11.8. The van der Waals surface area contributed by atoms with E-state index in [1.54, 1.807) is 23.0 Å². The molecule has 0 aromatic carbocycles. The van der Waals surface area contributed by atoms with E-state index in [-0.39, 0.29) is 5.56 Å². The van der Waals surface area contributed by atoms with E-state index < -0.39 is 0 Å². The fraction of sp³-hybridized carbons (Fsp3) is 0.375. The number of aromatic nitrogens is 5. The fourth-order valence-electron chi connectivity index (χ4n) is 3.04. The van der Waals surface area contributed by atoms with Gasteiger partial charge in [-0.25, -0.2) is 9.67 Å². The highest BCUT2D eigenvalue weighted by molar-refractivity contribution is 5.52. The second-order valence-corrected chi connectivity index (χ2v) is 6.12. The van der Waals surface area contributed by atoms with Gasteiger partial charge in [0, 0.05) is 42.9 Å². The second-order valence-electron chi connectivity index (χ2n) is 6.12. The number of hydrogen-bond donors (Lipinski definition) is 0. The zero-order valence-electron chi connectivity index (χ0n) is 13.2. The molecule has 3 aromatic rings. The number of anilines is 1. The van der Waals surface area contributed by atoms with E-state index in [0.717, 1.165) is 35.9 Å². The van der Waals surface area contributed by atoms with Crippen molar-refractivity contribution in [1.82, 2.24) is 24.4 Å².